The summed E-state index contributed by atoms with van der Waals surface area (Å²) < 4.78 is 0. The maximum Gasteiger partial charge on any atom is 0.144 e. The highest BCUT2D eigenvalue weighted by molar-refractivity contribution is 5.24. The summed E-state index contributed by atoms with van der Waals surface area (Å²) in [6.45, 7) is 2.09. The zero-order valence-electron chi connectivity index (χ0n) is 7.64. The molecule has 0 bridgehead atoms. The van der Waals surface area contributed by atoms with Crippen molar-refractivity contribution in [3.05, 3.63) is 12.2 Å². The quantitative estimate of drug-likeness (QED) is 0.465. The Kier molecular flexibility index (Phi) is 3.37. The van der Waals surface area contributed by atoms with Crippen LogP contribution < -0.4 is 0 Å². The first-order chi connectivity index (χ1) is 5.77. The molecule has 1 N–H and O–H groups in total. The highest BCUT2D eigenvalue weighted by Gasteiger charge is 2.21. The minimum Gasteiger partial charge on any atom is -0.374 e. The van der Waals surface area contributed by atoms with Gasteiger partial charge in [0.1, 0.15) is 5.60 Å². The molecule has 66 valence electrons. The minimum absolute atomic E-state index is 0.792. The van der Waals surface area contributed by atoms with Crippen molar-refractivity contribution in [3.63, 3.8) is 0 Å². The van der Waals surface area contributed by atoms with Crippen molar-refractivity contribution < 1.29 is 5.11 Å². The van der Waals surface area contributed by atoms with Gasteiger partial charge in [-0.15, -0.1) is 0 Å². The summed E-state index contributed by atoms with van der Waals surface area (Å²) in [5, 5.41) is 9.84. The van der Waals surface area contributed by atoms with E-state index in [1.807, 2.05) is 12.2 Å². The molecule has 1 aliphatic rings. The van der Waals surface area contributed by atoms with E-state index in [4.69, 9.17) is 0 Å². The zero-order chi connectivity index (χ0) is 8.86. The molecule has 0 aromatic rings. The van der Waals surface area contributed by atoms with Crippen LogP contribution in [0.15, 0.2) is 12.2 Å². The van der Waals surface area contributed by atoms with Gasteiger partial charge >= 0.3 is 0 Å². The highest BCUT2D eigenvalue weighted by Crippen LogP contribution is 2.20. The van der Waals surface area contributed by atoms with Crippen LogP contribution in [0.4, 0.5) is 0 Å². The van der Waals surface area contributed by atoms with Crippen LogP contribution in [0.2, 0.25) is 0 Å². The maximum absolute atomic E-state index is 9.84. The predicted octanol–water partition coefficient (Wildman–Crippen LogP) is 2.26. The molecule has 1 nitrogen and oxygen atoms in total. The van der Waals surface area contributed by atoms with Gasteiger partial charge in [0.2, 0.25) is 0 Å². The van der Waals surface area contributed by atoms with Crippen LogP contribution in [0.3, 0.4) is 0 Å². The second-order valence-corrected chi connectivity index (χ2v) is 3.27. The molecule has 1 atom stereocenters. The summed E-state index contributed by atoms with van der Waals surface area (Å²) in [5.41, 5.74) is -0.812. The van der Waals surface area contributed by atoms with E-state index in [9.17, 15) is 5.11 Å². The number of allylic oxidation sites excluding steroid dienone is 1. The van der Waals surface area contributed by atoms with Gasteiger partial charge in [-0.1, -0.05) is 24.8 Å². The summed E-state index contributed by atoms with van der Waals surface area (Å²) in [7, 11) is 0. The lowest BCUT2D eigenvalue weighted by molar-refractivity contribution is 0.135. The molecule has 0 heterocycles. The van der Waals surface area contributed by atoms with Gasteiger partial charge in [-0.05, 0) is 31.8 Å². The minimum atomic E-state index is -0.812. The third-order valence-electron chi connectivity index (χ3n) is 2.00. The molecule has 1 unspecified atom stereocenters. The fraction of sp³-hybridized carbons (Fsp3) is 0.636. The van der Waals surface area contributed by atoms with Gasteiger partial charge in [-0.2, -0.15) is 0 Å². The van der Waals surface area contributed by atoms with E-state index in [2.05, 4.69) is 18.8 Å². The molecule has 0 aromatic carbocycles. The molecule has 1 aliphatic carbocycles. The average Bonchev–Trinajstić information content (AvgIpc) is 2.06. The largest absolute Gasteiger partial charge is 0.374 e. The third-order valence-corrected chi connectivity index (χ3v) is 2.00. The first-order valence-corrected chi connectivity index (χ1v) is 4.67. The molecule has 0 aliphatic heterocycles. The summed E-state index contributed by atoms with van der Waals surface area (Å²) in [6, 6.07) is 0. The van der Waals surface area contributed by atoms with Crippen LogP contribution in [0.5, 0.6) is 0 Å². The maximum atomic E-state index is 9.84. The van der Waals surface area contributed by atoms with E-state index < -0.39 is 5.60 Å². The number of hydrogen-bond acceptors (Lipinski definition) is 1. The predicted molar refractivity (Wildman–Crippen MR) is 50.6 cm³/mol. The van der Waals surface area contributed by atoms with Crippen LogP contribution in [-0.2, 0) is 0 Å². The molecule has 12 heavy (non-hydrogen) atoms. The van der Waals surface area contributed by atoms with E-state index in [0.29, 0.717) is 0 Å². The summed E-state index contributed by atoms with van der Waals surface area (Å²) in [6.07, 6.45) is 8.72. The molecule has 0 saturated carbocycles. The third kappa shape index (κ3) is 2.71. The lowest BCUT2D eigenvalue weighted by atomic mass is 9.92. The Hall–Kier alpha value is -0.740. The van der Waals surface area contributed by atoms with Crippen molar-refractivity contribution in [2.45, 2.75) is 44.6 Å². The Morgan fingerprint density at radius 2 is 2.42 bits per heavy atom. The molecular formula is C11H16O. The normalized spacial score (nSPS) is 27.8. The first-order valence-electron chi connectivity index (χ1n) is 4.67. The van der Waals surface area contributed by atoms with Crippen LogP contribution >= 0.6 is 0 Å². The van der Waals surface area contributed by atoms with Crippen molar-refractivity contribution in [2.24, 2.45) is 0 Å². The van der Waals surface area contributed by atoms with E-state index in [-0.39, 0.29) is 0 Å². The number of aliphatic hydroxyl groups is 1. The van der Waals surface area contributed by atoms with Gasteiger partial charge in [-0.25, -0.2) is 0 Å². The van der Waals surface area contributed by atoms with Gasteiger partial charge in [-0.3, -0.25) is 0 Å². The van der Waals surface area contributed by atoms with Crippen LogP contribution in [-0.4, -0.2) is 10.7 Å². The monoisotopic (exact) mass is 164 g/mol. The molecule has 0 fully saturated rings. The highest BCUT2D eigenvalue weighted by atomic mass is 16.3. The van der Waals surface area contributed by atoms with Crippen LogP contribution in [0, 0.1) is 11.8 Å². The summed E-state index contributed by atoms with van der Waals surface area (Å²) in [4.78, 5) is 0. The van der Waals surface area contributed by atoms with Crippen molar-refractivity contribution >= 4 is 0 Å². The first kappa shape index (κ1) is 9.35. The van der Waals surface area contributed by atoms with Gasteiger partial charge in [0.15, 0.2) is 0 Å². The summed E-state index contributed by atoms with van der Waals surface area (Å²) in [5.74, 6) is 5.91. The Labute approximate surface area is 74.5 Å². The molecule has 0 radical (unpaired) electrons. The van der Waals surface area contributed by atoms with Gasteiger partial charge in [0.25, 0.3) is 0 Å². The lowest BCUT2D eigenvalue weighted by Crippen LogP contribution is -2.25. The van der Waals surface area contributed by atoms with E-state index in [1.165, 1.54) is 0 Å². The Bertz CT molecular complexity index is 219. The van der Waals surface area contributed by atoms with Gasteiger partial charge in [0, 0.05) is 6.42 Å². The second-order valence-electron chi connectivity index (χ2n) is 3.27. The topological polar surface area (TPSA) is 20.2 Å². The van der Waals surface area contributed by atoms with Crippen molar-refractivity contribution in [3.8, 4) is 11.8 Å². The second kappa shape index (κ2) is 4.33. The Morgan fingerprint density at radius 3 is 3.00 bits per heavy atom. The van der Waals surface area contributed by atoms with E-state index in [1.54, 1.807) is 0 Å². The Morgan fingerprint density at radius 1 is 1.58 bits per heavy atom. The fourth-order valence-corrected chi connectivity index (χ4v) is 1.30. The SMILES string of the molecule is CCCC#CC1(O)C=CCCC1. The van der Waals surface area contributed by atoms with Gasteiger partial charge in [0.05, 0.1) is 0 Å². The smallest absolute Gasteiger partial charge is 0.144 e. The molecule has 0 aromatic heterocycles. The van der Waals surface area contributed by atoms with Gasteiger partial charge < -0.3 is 5.11 Å². The van der Waals surface area contributed by atoms with E-state index >= 15 is 0 Å². The molecule has 0 spiro atoms. The van der Waals surface area contributed by atoms with Crippen LogP contribution in [0.1, 0.15) is 39.0 Å². The average molecular weight is 164 g/mol. The molecular weight excluding hydrogens is 148 g/mol. The molecule has 1 heteroatoms. The van der Waals surface area contributed by atoms with Crippen molar-refractivity contribution in [1.82, 2.24) is 0 Å². The standard InChI is InChI=1S/C11H16O/c1-2-3-5-8-11(12)9-6-4-7-10-11/h6,9,12H,2-4,7,10H2,1H3. The lowest BCUT2D eigenvalue weighted by Gasteiger charge is -2.20. The summed E-state index contributed by atoms with van der Waals surface area (Å²) >= 11 is 0. The molecule has 0 amide bonds. The van der Waals surface area contributed by atoms with Crippen molar-refractivity contribution in [1.29, 1.82) is 0 Å². The molecule has 0 saturated heterocycles. The number of unbranched alkanes of at least 4 members (excludes halogenated alkanes) is 1. The number of hydrogen-bond donors (Lipinski definition) is 1. The number of rotatable bonds is 1. The fourth-order valence-electron chi connectivity index (χ4n) is 1.30. The zero-order valence-corrected chi connectivity index (χ0v) is 7.64. The Balaban J connectivity index is 2.54. The van der Waals surface area contributed by atoms with Crippen molar-refractivity contribution in [2.75, 3.05) is 0 Å². The van der Waals surface area contributed by atoms with E-state index in [0.717, 1.165) is 32.1 Å². The molecule has 1 rings (SSSR count). The van der Waals surface area contributed by atoms with Crippen LogP contribution in [0.25, 0.3) is 0 Å².